The van der Waals surface area contributed by atoms with E-state index in [2.05, 4.69) is 5.16 Å². The number of esters is 1. The molecule has 3 rings (SSSR count). The second-order valence-corrected chi connectivity index (χ2v) is 7.65. The molecular weight excluding hydrogens is 475 g/mol. The van der Waals surface area contributed by atoms with Gasteiger partial charge in [0.1, 0.15) is 12.4 Å². The summed E-state index contributed by atoms with van der Waals surface area (Å²) in [6.45, 7) is 3.16. The van der Waals surface area contributed by atoms with E-state index in [1.807, 2.05) is 0 Å². The fraction of sp³-hybridized carbons (Fsp3) is 0.222. The largest absolute Gasteiger partial charge is 0.485 e. The van der Waals surface area contributed by atoms with Crippen molar-refractivity contribution in [3.05, 3.63) is 101 Å². The Balaban J connectivity index is 1.71. The standard InChI is InChI=1S/C27H24F3NO5/c1-3-34-26(33)24-15-22(35-17-25(32)20-7-5-4-6-8-20)13-14-23(24)18(2)31-36-16-19-9-11-21(12-10-19)27(28,29)30/h4-15H,3,16-17H2,1-2H3/b31-18+. The molecule has 0 aliphatic heterocycles. The van der Waals surface area contributed by atoms with Crippen molar-refractivity contribution in [2.75, 3.05) is 13.2 Å². The normalized spacial score (nSPS) is 11.6. The molecule has 36 heavy (non-hydrogen) atoms. The van der Waals surface area contributed by atoms with Gasteiger partial charge in [-0.05, 0) is 49.7 Å². The molecule has 0 N–H and O–H groups in total. The number of carbonyl (C=O) groups excluding carboxylic acids is 2. The maximum atomic E-state index is 12.7. The quantitative estimate of drug-likeness (QED) is 0.146. The summed E-state index contributed by atoms with van der Waals surface area (Å²) in [7, 11) is 0. The first-order valence-corrected chi connectivity index (χ1v) is 11.0. The Morgan fingerprint density at radius 2 is 1.61 bits per heavy atom. The van der Waals surface area contributed by atoms with Gasteiger partial charge in [0.25, 0.3) is 0 Å². The molecule has 0 fully saturated rings. The van der Waals surface area contributed by atoms with Crippen LogP contribution in [0.4, 0.5) is 13.2 Å². The average molecular weight is 499 g/mol. The number of hydrogen-bond acceptors (Lipinski definition) is 6. The predicted octanol–water partition coefficient (Wildman–Crippen LogP) is 6.08. The van der Waals surface area contributed by atoms with E-state index in [1.165, 1.54) is 18.2 Å². The first-order valence-electron chi connectivity index (χ1n) is 11.0. The second-order valence-electron chi connectivity index (χ2n) is 7.65. The number of ether oxygens (including phenoxy) is 2. The minimum Gasteiger partial charge on any atom is -0.485 e. The number of halogens is 3. The minimum absolute atomic E-state index is 0.0625. The van der Waals surface area contributed by atoms with Crippen molar-refractivity contribution in [1.82, 2.24) is 0 Å². The third-order valence-electron chi connectivity index (χ3n) is 5.06. The molecule has 0 aromatic heterocycles. The number of oxime groups is 1. The molecule has 0 heterocycles. The smallest absolute Gasteiger partial charge is 0.416 e. The summed E-state index contributed by atoms with van der Waals surface area (Å²) in [5.41, 5.74) is 1.18. The van der Waals surface area contributed by atoms with Crippen LogP contribution < -0.4 is 4.74 Å². The highest BCUT2D eigenvalue weighted by molar-refractivity contribution is 6.08. The molecule has 0 atom stereocenters. The predicted molar refractivity (Wildman–Crippen MR) is 127 cm³/mol. The van der Waals surface area contributed by atoms with Crippen LogP contribution in [0.1, 0.15) is 51.3 Å². The Bertz CT molecular complexity index is 1220. The molecule has 9 heteroatoms. The van der Waals surface area contributed by atoms with Crippen LogP contribution in [-0.2, 0) is 22.4 Å². The van der Waals surface area contributed by atoms with Gasteiger partial charge in [0.2, 0.25) is 0 Å². The number of benzene rings is 3. The van der Waals surface area contributed by atoms with Crippen LogP contribution in [0.15, 0.2) is 78.0 Å². The number of carbonyl (C=O) groups is 2. The van der Waals surface area contributed by atoms with E-state index >= 15 is 0 Å². The second kappa shape index (κ2) is 12.0. The Hall–Kier alpha value is -4.14. The first kappa shape index (κ1) is 26.5. The number of Topliss-reactive ketones (excluding diaryl/α,β-unsaturated/α-hetero) is 1. The van der Waals surface area contributed by atoms with Crippen LogP contribution in [0.2, 0.25) is 0 Å². The zero-order valence-corrected chi connectivity index (χ0v) is 19.7. The van der Waals surface area contributed by atoms with Gasteiger partial charge in [-0.3, -0.25) is 4.79 Å². The van der Waals surface area contributed by atoms with Crippen molar-refractivity contribution in [2.24, 2.45) is 5.16 Å². The molecule has 0 aliphatic rings. The summed E-state index contributed by atoms with van der Waals surface area (Å²) in [5, 5.41) is 4.00. The van der Waals surface area contributed by atoms with E-state index in [-0.39, 0.29) is 31.2 Å². The van der Waals surface area contributed by atoms with Crippen LogP contribution in [0, 0.1) is 0 Å². The summed E-state index contributed by atoms with van der Waals surface area (Å²) in [4.78, 5) is 30.2. The Morgan fingerprint density at radius 3 is 2.25 bits per heavy atom. The number of alkyl halides is 3. The third-order valence-corrected chi connectivity index (χ3v) is 5.06. The molecule has 0 bridgehead atoms. The minimum atomic E-state index is -4.41. The fourth-order valence-corrected chi connectivity index (χ4v) is 3.21. The van der Waals surface area contributed by atoms with Crippen molar-refractivity contribution < 1.29 is 37.1 Å². The Morgan fingerprint density at radius 1 is 0.917 bits per heavy atom. The van der Waals surface area contributed by atoms with E-state index < -0.39 is 17.7 Å². The average Bonchev–Trinajstić information content (AvgIpc) is 2.87. The number of ketones is 1. The lowest BCUT2D eigenvalue weighted by Gasteiger charge is -2.12. The van der Waals surface area contributed by atoms with E-state index in [4.69, 9.17) is 14.3 Å². The van der Waals surface area contributed by atoms with Gasteiger partial charge >= 0.3 is 12.1 Å². The van der Waals surface area contributed by atoms with Crippen LogP contribution >= 0.6 is 0 Å². The lowest BCUT2D eigenvalue weighted by atomic mass is 10.0. The summed E-state index contributed by atoms with van der Waals surface area (Å²) in [6, 6.07) is 17.9. The van der Waals surface area contributed by atoms with E-state index in [0.717, 1.165) is 12.1 Å². The first-order chi connectivity index (χ1) is 17.2. The highest BCUT2D eigenvalue weighted by atomic mass is 19.4. The van der Waals surface area contributed by atoms with E-state index in [0.29, 0.717) is 28.2 Å². The van der Waals surface area contributed by atoms with E-state index in [9.17, 15) is 22.8 Å². The summed E-state index contributed by atoms with van der Waals surface area (Å²) in [6.07, 6.45) is -4.41. The summed E-state index contributed by atoms with van der Waals surface area (Å²) >= 11 is 0. The lowest BCUT2D eigenvalue weighted by Crippen LogP contribution is -2.14. The monoisotopic (exact) mass is 499 g/mol. The highest BCUT2D eigenvalue weighted by Crippen LogP contribution is 2.29. The summed E-state index contributed by atoms with van der Waals surface area (Å²) < 4.78 is 48.8. The molecule has 0 unspecified atom stereocenters. The third kappa shape index (κ3) is 7.18. The number of hydrogen-bond donors (Lipinski definition) is 0. The van der Waals surface area contributed by atoms with Crippen LogP contribution in [-0.4, -0.2) is 30.7 Å². The molecule has 3 aromatic rings. The molecule has 3 aromatic carbocycles. The highest BCUT2D eigenvalue weighted by Gasteiger charge is 2.29. The van der Waals surface area contributed by atoms with Gasteiger partial charge in [0.15, 0.2) is 12.4 Å². The van der Waals surface area contributed by atoms with Crippen molar-refractivity contribution in [2.45, 2.75) is 26.6 Å². The summed E-state index contributed by atoms with van der Waals surface area (Å²) in [5.74, 6) is -0.527. The molecule has 188 valence electrons. The zero-order chi connectivity index (χ0) is 26.1. The Labute approximate surface area is 206 Å². The van der Waals surface area contributed by atoms with Crippen molar-refractivity contribution >= 4 is 17.5 Å². The van der Waals surface area contributed by atoms with Gasteiger partial charge < -0.3 is 14.3 Å². The fourth-order valence-electron chi connectivity index (χ4n) is 3.21. The SMILES string of the molecule is CCOC(=O)c1cc(OCC(=O)c2ccccc2)ccc1/C(C)=N/OCc1ccc(C(F)(F)F)cc1. The van der Waals surface area contributed by atoms with Gasteiger partial charge in [-0.25, -0.2) is 4.79 Å². The molecule has 0 amide bonds. The number of rotatable bonds is 10. The molecule has 6 nitrogen and oxygen atoms in total. The van der Waals surface area contributed by atoms with Gasteiger partial charge in [0, 0.05) is 11.1 Å². The van der Waals surface area contributed by atoms with Crippen molar-refractivity contribution in [3.63, 3.8) is 0 Å². The van der Waals surface area contributed by atoms with Gasteiger partial charge in [-0.2, -0.15) is 13.2 Å². The van der Waals surface area contributed by atoms with Crippen molar-refractivity contribution in [1.29, 1.82) is 0 Å². The molecule has 0 spiro atoms. The van der Waals surface area contributed by atoms with Gasteiger partial charge in [0.05, 0.1) is 23.4 Å². The zero-order valence-electron chi connectivity index (χ0n) is 19.7. The lowest BCUT2D eigenvalue weighted by molar-refractivity contribution is -0.137. The maximum absolute atomic E-state index is 12.7. The van der Waals surface area contributed by atoms with Crippen LogP contribution in [0.25, 0.3) is 0 Å². The van der Waals surface area contributed by atoms with Crippen LogP contribution in [0.3, 0.4) is 0 Å². The molecule has 0 saturated carbocycles. The molecule has 0 saturated heterocycles. The molecule has 0 aliphatic carbocycles. The van der Waals surface area contributed by atoms with Crippen LogP contribution in [0.5, 0.6) is 5.75 Å². The van der Waals surface area contributed by atoms with E-state index in [1.54, 1.807) is 56.3 Å². The van der Waals surface area contributed by atoms with Crippen molar-refractivity contribution in [3.8, 4) is 5.75 Å². The molecular formula is C27H24F3NO5. The topological polar surface area (TPSA) is 74.2 Å². The Kier molecular flexibility index (Phi) is 8.83. The maximum Gasteiger partial charge on any atom is 0.416 e. The van der Waals surface area contributed by atoms with Gasteiger partial charge in [-0.15, -0.1) is 0 Å². The number of nitrogens with zero attached hydrogens (tertiary/aromatic N) is 1. The molecule has 0 radical (unpaired) electrons. The van der Waals surface area contributed by atoms with Gasteiger partial charge in [-0.1, -0.05) is 47.6 Å².